The van der Waals surface area contributed by atoms with Crippen molar-refractivity contribution in [1.29, 1.82) is 0 Å². The first-order chi connectivity index (χ1) is 9.78. The summed E-state index contributed by atoms with van der Waals surface area (Å²) in [5.74, 6) is 7.60. The minimum Gasteiger partial charge on any atom is -0.477 e. The Bertz CT molecular complexity index is 625. The molecule has 2 heterocycles. The summed E-state index contributed by atoms with van der Waals surface area (Å²) in [5, 5.41) is 2.94. The van der Waals surface area contributed by atoms with E-state index in [2.05, 4.69) is 34.5 Å². The molecule has 5 nitrogen and oxygen atoms in total. The van der Waals surface area contributed by atoms with E-state index in [9.17, 15) is 0 Å². The molecule has 2 aromatic rings. The molecule has 2 atom stereocenters. The number of hydrogen-bond acceptors (Lipinski definition) is 6. The summed E-state index contributed by atoms with van der Waals surface area (Å²) >= 11 is 1.56. The van der Waals surface area contributed by atoms with Gasteiger partial charge in [-0.2, -0.15) is 4.98 Å². The van der Waals surface area contributed by atoms with Crippen LogP contribution < -0.4 is 16.0 Å². The number of hydrogen-bond donors (Lipinski definition) is 2. The normalized spacial score (nSPS) is 22.1. The van der Waals surface area contributed by atoms with E-state index in [0.29, 0.717) is 30.3 Å². The molecule has 6 heteroatoms. The number of hydrazine groups is 1. The maximum Gasteiger partial charge on any atom is 0.241 e. The van der Waals surface area contributed by atoms with Crippen molar-refractivity contribution >= 4 is 27.5 Å². The van der Waals surface area contributed by atoms with Gasteiger partial charge in [-0.25, -0.2) is 10.8 Å². The molecule has 1 aliphatic carbocycles. The Kier molecular flexibility index (Phi) is 3.84. The van der Waals surface area contributed by atoms with Gasteiger partial charge in [0, 0.05) is 0 Å². The first kappa shape index (κ1) is 13.3. The molecule has 2 unspecified atom stereocenters. The van der Waals surface area contributed by atoms with Gasteiger partial charge in [-0.15, -0.1) is 11.3 Å². The largest absolute Gasteiger partial charge is 0.477 e. The van der Waals surface area contributed by atoms with Gasteiger partial charge in [0.2, 0.25) is 11.8 Å². The maximum absolute atomic E-state index is 5.96. The predicted octanol–water partition coefficient (Wildman–Crippen LogP) is 2.96. The molecule has 0 aliphatic heterocycles. The first-order valence-electron chi connectivity index (χ1n) is 6.77. The van der Waals surface area contributed by atoms with Crippen molar-refractivity contribution < 1.29 is 4.74 Å². The topological polar surface area (TPSA) is 73.1 Å². The summed E-state index contributed by atoms with van der Waals surface area (Å²) in [6.45, 7) is 2.95. The van der Waals surface area contributed by atoms with Gasteiger partial charge in [-0.1, -0.05) is 19.1 Å². The van der Waals surface area contributed by atoms with E-state index in [4.69, 9.17) is 10.6 Å². The van der Waals surface area contributed by atoms with Gasteiger partial charge < -0.3 is 4.74 Å². The van der Waals surface area contributed by atoms with Gasteiger partial charge >= 0.3 is 0 Å². The van der Waals surface area contributed by atoms with Crippen LogP contribution in [0.5, 0.6) is 5.88 Å². The van der Waals surface area contributed by atoms with Crippen LogP contribution in [0.15, 0.2) is 23.6 Å². The number of nitrogen functional groups attached to an aromatic ring is 1. The second-order valence-corrected chi connectivity index (χ2v) is 6.02. The van der Waals surface area contributed by atoms with Gasteiger partial charge in [-0.05, 0) is 36.1 Å². The molecule has 2 aromatic heterocycles. The molecule has 0 aromatic carbocycles. The van der Waals surface area contributed by atoms with Crippen molar-refractivity contribution in [2.24, 2.45) is 17.7 Å². The summed E-state index contributed by atoms with van der Waals surface area (Å²) in [7, 11) is 0. The molecule has 20 heavy (non-hydrogen) atoms. The number of anilines is 1. The van der Waals surface area contributed by atoms with Crippen molar-refractivity contribution in [3.8, 4) is 5.88 Å². The molecule has 0 bridgehead atoms. The molecule has 3 N–H and O–H groups in total. The van der Waals surface area contributed by atoms with Crippen molar-refractivity contribution in [3.63, 3.8) is 0 Å². The molecule has 106 valence electrons. The third-order valence-electron chi connectivity index (χ3n) is 3.77. The second-order valence-electron chi connectivity index (χ2n) is 5.13. The number of rotatable bonds is 4. The van der Waals surface area contributed by atoms with Gasteiger partial charge in [0.25, 0.3) is 0 Å². The summed E-state index contributed by atoms with van der Waals surface area (Å²) in [6, 6.07) is 1.99. The predicted molar refractivity (Wildman–Crippen MR) is 81.7 cm³/mol. The van der Waals surface area contributed by atoms with E-state index in [1.165, 1.54) is 0 Å². The minimum absolute atomic E-state index is 0.395. The highest BCUT2D eigenvalue weighted by Gasteiger charge is 2.20. The summed E-state index contributed by atoms with van der Waals surface area (Å²) in [5.41, 5.74) is 2.49. The second kappa shape index (κ2) is 5.76. The quantitative estimate of drug-likeness (QED) is 0.514. The highest BCUT2D eigenvalue weighted by atomic mass is 32.1. The fraction of sp³-hybridized carbons (Fsp3) is 0.429. The number of nitrogens with one attached hydrogen (secondary N) is 1. The van der Waals surface area contributed by atoms with Crippen LogP contribution in [0.4, 0.5) is 5.95 Å². The molecule has 0 saturated carbocycles. The van der Waals surface area contributed by atoms with Crippen LogP contribution in [0.1, 0.15) is 19.8 Å². The van der Waals surface area contributed by atoms with E-state index in [-0.39, 0.29) is 0 Å². The van der Waals surface area contributed by atoms with Crippen molar-refractivity contribution in [3.05, 3.63) is 23.6 Å². The average molecular weight is 290 g/mol. The number of ether oxygens (including phenoxy) is 1. The zero-order valence-electron chi connectivity index (χ0n) is 11.4. The summed E-state index contributed by atoms with van der Waals surface area (Å²) in [6.07, 6.45) is 6.68. The lowest BCUT2D eigenvalue weighted by atomic mass is 9.85. The molecule has 0 fully saturated rings. The number of fused-ring (bicyclic) bond motifs is 1. The van der Waals surface area contributed by atoms with E-state index in [0.717, 1.165) is 23.1 Å². The fourth-order valence-electron chi connectivity index (χ4n) is 2.43. The monoisotopic (exact) mass is 290 g/mol. The Morgan fingerprint density at radius 1 is 1.40 bits per heavy atom. The lowest BCUT2D eigenvalue weighted by Crippen LogP contribution is -2.21. The van der Waals surface area contributed by atoms with Crippen LogP contribution in [-0.4, -0.2) is 16.6 Å². The zero-order chi connectivity index (χ0) is 13.9. The van der Waals surface area contributed by atoms with E-state index in [1.54, 1.807) is 11.3 Å². The number of thiophene rings is 1. The third-order valence-corrected chi connectivity index (χ3v) is 4.58. The highest BCUT2D eigenvalue weighted by Crippen LogP contribution is 2.30. The zero-order valence-corrected chi connectivity index (χ0v) is 12.2. The van der Waals surface area contributed by atoms with E-state index in [1.807, 2.05) is 11.4 Å². The molecule has 0 spiro atoms. The third kappa shape index (κ3) is 2.62. The molecule has 1 aliphatic rings. The lowest BCUT2D eigenvalue weighted by molar-refractivity contribution is 0.195. The van der Waals surface area contributed by atoms with Crippen LogP contribution in [-0.2, 0) is 0 Å². The molecular weight excluding hydrogens is 272 g/mol. The SMILES string of the molecule is CC1CC=CCC1COc1nc(NN)nc2sccc12. The van der Waals surface area contributed by atoms with Crippen molar-refractivity contribution in [2.45, 2.75) is 19.8 Å². The Balaban J connectivity index is 1.79. The molecule has 0 amide bonds. The van der Waals surface area contributed by atoms with Crippen LogP contribution in [0.25, 0.3) is 10.2 Å². The first-order valence-corrected chi connectivity index (χ1v) is 7.65. The standard InChI is InChI=1S/C14H18N4OS/c1-9-4-2-3-5-10(9)8-19-12-11-6-7-20-13(11)17-14(16-12)18-15/h2-3,6-7,9-10H,4-5,8,15H2,1H3,(H,16,17,18). The Morgan fingerprint density at radius 3 is 3.05 bits per heavy atom. The van der Waals surface area contributed by atoms with Gasteiger partial charge in [0.05, 0.1) is 12.0 Å². The molecular formula is C14H18N4OS. The average Bonchev–Trinajstić information content (AvgIpc) is 2.94. The summed E-state index contributed by atoms with van der Waals surface area (Å²) < 4.78 is 5.96. The summed E-state index contributed by atoms with van der Waals surface area (Å²) in [4.78, 5) is 9.51. The Labute approximate surface area is 121 Å². The van der Waals surface area contributed by atoms with E-state index >= 15 is 0 Å². The fourth-order valence-corrected chi connectivity index (χ4v) is 3.18. The Hall–Kier alpha value is -1.66. The highest BCUT2D eigenvalue weighted by molar-refractivity contribution is 7.16. The van der Waals surface area contributed by atoms with Crippen LogP contribution >= 0.6 is 11.3 Å². The minimum atomic E-state index is 0.395. The van der Waals surface area contributed by atoms with Gasteiger partial charge in [0.15, 0.2) is 0 Å². The van der Waals surface area contributed by atoms with Crippen LogP contribution in [0.3, 0.4) is 0 Å². The number of nitrogens with zero attached hydrogens (tertiary/aromatic N) is 2. The van der Waals surface area contributed by atoms with Crippen LogP contribution in [0.2, 0.25) is 0 Å². The lowest BCUT2D eigenvalue weighted by Gasteiger charge is -2.25. The molecule has 0 saturated heterocycles. The number of allylic oxidation sites excluding steroid dienone is 2. The molecule has 0 radical (unpaired) electrons. The van der Waals surface area contributed by atoms with Crippen molar-refractivity contribution in [1.82, 2.24) is 9.97 Å². The maximum atomic E-state index is 5.96. The Morgan fingerprint density at radius 2 is 2.25 bits per heavy atom. The number of aromatic nitrogens is 2. The molecule has 3 rings (SSSR count). The number of nitrogens with two attached hydrogens (primary N) is 1. The van der Waals surface area contributed by atoms with Gasteiger partial charge in [-0.3, -0.25) is 5.43 Å². The smallest absolute Gasteiger partial charge is 0.241 e. The van der Waals surface area contributed by atoms with Crippen molar-refractivity contribution in [2.75, 3.05) is 12.0 Å². The van der Waals surface area contributed by atoms with E-state index < -0.39 is 0 Å². The van der Waals surface area contributed by atoms with Crippen LogP contribution in [0, 0.1) is 11.8 Å². The van der Waals surface area contributed by atoms with Gasteiger partial charge in [0.1, 0.15) is 4.83 Å².